The van der Waals surface area contributed by atoms with Gasteiger partial charge in [-0.3, -0.25) is 0 Å². The molecule has 0 atom stereocenters. The Balaban J connectivity index is 2.73. The van der Waals surface area contributed by atoms with Crippen LogP contribution in [0, 0.1) is 11.3 Å². The minimum absolute atomic E-state index is 0.277. The molecule has 0 saturated carbocycles. The van der Waals surface area contributed by atoms with Crippen molar-refractivity contribution < 1.29 is 0 Å². The van der Waals surface area contributed by atoms with Crippen LogP contribution in [0.5, 0.6) is 0 Å². The molecule has 0 spiro atoms. The number of nitrogens with two attached hydrogens (primary N) is 1. The van der Waals surface area contributed by atoms with E-state index < -0.39 is 0 Å². The third-order valence-electron chi connectivity index (χ3n) is 1.84. The van der Waals surface area contributed by atoms with E-state index in [-0.39, 0.29) is 5.54 Å². The SMILES string of the molecule is CC(C)(N)CNc1ccc(C#N)c(Cl)c1. The maximum atomic E-state index is 8.69. The molecular formula is C11H14ClN3. The molecule has 80 valence electrons. The predicted octanol–water partition coefficient (Wildman–Crippen LogP) is 2.36. The highest BCUT2D eigenvalue weighted by Gasteiger charge is 2.10. The molecule has 3 N–H and O–H groups in total. The Kier molecular flexibility index (Phi) is 3.57. The highest BCUT2D eigenvalue weighted by Crippen LogP contribution is 2.20. The monoisotopic (exact) mass is 223 g/mol. The fourth-order valence-corrected chi connectivity index (χ4v) is 1.27. The van der Waals surface area contributed by atoms with Gasteiger partial charge in [0.1, 0.15) is 6.07 Å². The highest BCUT2D eigenvalue weighted by atomic mass is 35.5. The van der Waals surface area contributed by atoms with Crippen molar-refractivity contribution in [3.8, 4) is 6.07 Å². The maximum Gasteiger partial charge on any atom is 0.101 e. The lowest BCUT2D eigenvalue weighted by Crippen LogP contribution is -2.39. The molecule has 0 aliphatic heterocycles. The summed E-state index contributed by atoms with van der Waals surface area (Å²) in [5.41, 5.74) is 6.91. The number of nitrogens with one attached hydrogen (secondary N) is 1. The smallest absolute Gasteiger partial charge is 0.101 e. The summed E-state index contributed by atoms with van der Waals surface area (Å²) in [6, 6.07) is 7.24. The Morgan fingerprint density at radius 2 is 2.20 bits per heavy atom. The first kappa shape index (κ1) is 11.8. The van der Waals surface area contributed by atoms with Crippen LogP contribution in [-0.2, 0) is 0 Å². The zero-order valence-electron chi connectivity index (χ0n) is 8.84. The molecule has 0 radical (unpaired) electrons. The Morgan fingerprint density at radius 3 is 2.67 bits per heavy atom. The molecule has 0 aliphatic rings. The fourth-order valence-electron chi connectivity index (χ4n) is 1.05. The molecule has 0 amide bonds. The summed E-state index contributed by atoms with van der Waals surface area (Å²) in [5, 5.41) is 12.3. The van der Waals surface area contributed by atoms with Gasteiger partial charge in [0.25, 0.3) is 0 Å². The summed E-state index contributed by atoms with van der Waals surface area (Å²) in [4.78, 5) is 0. The number of hydrogen-bond donors (Lipinski definition) is 2. The van der Waals surface area contributed by atoms with Crippen molar-refractivity contribution in [2.24, 2.45) is 5.73 Å². The third kappa shape index (κ3) is 3.78. The molecule has 0 saturated heterocycles. The highest BCUT2D eigenvalue weighted by molar-refractivity contribution is 6.32. The van der Waals surface area contributed by atoms with E-state index in [1.54, 1.807) is 12.1 Å². The van der Waals surface area contributed by atoms with Crippen molar-refractivity contribution in [2.45, 2.75) is 19.4 Å². The first-order valence-electron chi connectivity index (χ1n) is 4.65. The normalized spacial score (nSPS) is 10.9. The molecule has 4 heteroatoms. The number of benzene rings is 1. The van der Waals surface area contributed by atoms with Crippen LogP contribution in [0.3, 0.4) is 0 Å². The second kappa shape index (κ2) is 4.52. The molecule has 15 heavy (non-hydrogen) atoms. The quantitative estimate of drug-likeness (QED) is 0.827. The summed E-state index contributed by atoms with van der Waals surface area (Å²) >= 11 is 5.89. The molecule has 0 aliphatic carbocycles. The van der Waals surface area contributed by atoms with E-state index in [0.29, 0.717) is 17.1 Å². The van der Waals surface area contributed by atoms with E-state index >= 15 is 0 Å². The third-order valence-corrected chi connectivity index (χ3v) is 2.15. The summed E-state index contributed by atoms with van der Waals surface area (Å²) in [6.07, 6.45) is 0. The zero-order chi connectivity index (χ0) is 11.5. The van der Waals surface area contributed by atoms with Gasteiger partial charge in [0.15, 0.2) is 0 Å². The number of nitrogens with zero attached hydrogens (tertiary/aromatic N) is 1. The van der Waals surface area contributed by atoms with Crippen LogP contribution in [-0.4, -0.2) is 12.1 Å². The van der Waals surface area contributed by atoms with E-state index in [1.807, 2.05) is 26.0 Å². The first-order chi connectivity index (χ1) is 6.92. The van der Waals surface area contributed by atoms with Crippen molar-refractivity contribution in [3.63, 3.8) is 0 Å². The summed E-state index contributed by atoms with van der Waals surface area (Å²) in [5.74, 6) is 0. The van der Waals surface area contributed by atoms with Crippen LogP contribution in [0.4, 0.5) is 5.69 Å². The van der Waals surface area contributed by atoms with Gasteiger partial charge in [-0.15, -0.1) is 0 Å². The van der Waals surface area contributed by atoms with Crippen molar-refractivity contribution in [1.29, 1.82) is 5.26 Å². The topological polar surface area (TPSA) is 61.8 Å². The van der Waals surface area contributed by atoms with Crippen molar-refractivity contribution >= 4 is 17.3 Å². The largest absolute Gasteiger partial charge is 0.383 e. The standard InChI is InChI=1S/C11H14ClN3/c1-11(2,14)7-15-9-4-3-8(6-13)10(12)5-9/h3-5,15H,7,14H2,1-2H3. The van der Waals surface area contributed by atoms with Gasteiger partial charge >= 0.3 is 0 Å². The summed E-state index contributed by atoms with van der Waals surface area (Å²) in [6.45, 7) is 4.52. The second-order valence-electron chi connectivity index (χ2n) is 4.15. The fraction of sp³-hybridized carbons (Fsp3) is 0.364. The van der Waals surface area contributed by atoms with Crippen LogP contribution in [0.1, 0.15) is 19.4 Å². The van der Waals surface area contributed by atoms with Crippen LogP contribution in [0.2, 0.25) is 5.02 Å². The zero-order valence-corrected chi connectivity index (χ0v) is 9.60. The van der Waals surface area contributed by atoms with Gasteiger partial charge in [0.2, 0.25) is 0 Å². The van der Waals surface area contributed by atoms with Crippen molar-refractivity contribution in [1.82, 2.24) is 0 Å². The number of rotatable bonds is 3. The Labute approximate surface area is 94.8 Å². The van der Waals surface area contributed by atoms with E-state index in [0.717, 1.165) is 5.69 Å². The minimum Gasteiger partial charge on any atom is -0.383 e. The molecule has 1 aromatic carbocycles. The van der Waals surface area contributed by atoms with Crippen molar-refractivity contribution in [3.05, 3.63) is 28.8 Å². The van der Waals surface area contributed by atoms with Gasteiger partial charge in [0, 0.05) is 17.8 Å². The molecule has 1 aromatic rings. The van der Waals surface area contributed by atoms with Crippen LogP contribution >= 0.6 is 11.6 Å². The Morgan fingerprint density at radius 1 is 1.53 bits per heavy atom. The maximum absolute atomic E-state index is 8.69. The molecule has 3 nitrogen and oxygen atoms in total. The average molecular weight is 224 g/mol. The second-order valence-corrected chi connectivity index (χ2v) is 4.56. The molecule has 0 heterocycles. The Hall–Kier alpha value is -1.24. The summed E-state index contributed by atoms with van der Waals surface area (Å²) < 4.78 is 0. The van der Waals surface area contributed by atoms with E-state index in [9.17, 15) is 0 Å². The van der Waals surface area contributed by atoms with Gasteiger partial charge in [-0.05, 0) is 32.0 Å². The number of halogens is 1. The lowest BCUT2D eigenvalue weighted by atomic mass is 10.1. The first-order valence-corrected chi connectivity index (χ1v) is 5.02. The van der Waals surface area contributed by atoms with Gasteiger partial charge in [-0.25, -0.2) is 0 Å². The minimum atomic E-state index is -0.277. The van der Waals surface area contributed by atoms with Gasteiger partial charge in [-0.2, -0.15) is 5.26 Å². The van der Waals surface area contributed by atoms with E-state index in [1.165, 1.54) is 0 Å². The predicted molar refractivity (Wildman–Crippen MR) is 62.9 cm³/mol. The van der Waals surface area contributed by atoms with Crippen LogP contribution in [0.15, 0.2) is 18.2 Å². The van der Waals surface area contributed by atoms with E-state index in [2.05, 4.69) is 5.32 Å². The Bertz CT molecular complexity index is 388. The van der Waals surface area contributed by atoms with Gasteiger partial charge in [-0.1, -0.05) is 11.6 Å². The summed E-state index contributed by atoms with van der Waals surface area (Å²) in [7, 11) is 0. The number of hydrogen-bond acceptors (Lipinski definition) is 3. The molecule has 1 rings (SSSR count). The van der Waals surface area contributed by atoms with Crippen LogP contribution < -0.4 is 11.1 Å². The lowest BCUT2D eigenvalue weighted by molar-refractivity contribution is 0.549. The molecule has 0 bridgehead atoms. The van der Waals surface area contributed by atoms with Gasteiger partial charge in [0.05, 0.1) is 10.6 Å². The number of anilines is 1. The lowest BCUT2D eigenvalue weighted by Gasteiger charge is -2.19. The van der Waals surface area contributed by atoms with Crippen molar-refractivity contribution in [2.75, 3.05) is 11.9 Å². The molecule has 0 fully saturated rings. The molecule has 0 unspecified atom stereocenters. The van der Waals surface area contributed by atoms with Crippen LogP contribution in [0.25, 0.3) is 0 Å². The van der Waals surface area contributed by atoms with E-state index in [4.69, 9.17) is 22.6 Å². The molecular weight excluding hydrogens is 210 g/mol. The van der Waals surface area contributed by atoms with Gasteiger partial charge < -0.3 is 11.1 Å². The average Bonchev–Trinajstić information content (AvgIpc) is 2.14. The number of nitriles is 1. The molecule has 0 aromatic heterocycles.